The van der Waals surface area contributed by atoms with Crippen LogP contribution in [0.1, 0.15) is 5.56 Å². The number of oxime groups is 2. The predicted molar refractivity (Wildman–Crippen MR) is 108 cm³/mol. The van der Waals surface area contributed by atoms with Crippen molar-refractivity contribution >= 4 is 57.1 Å². The van der Waals surface area contributed by atoms with E-state index in [9.17, 15) is 8.42 Å². The highest BCUT2D eigenvalue weighted by Gasteiger charge is 2.25. The van der Waals surface area contributed by atoms with Gasteiger partial charge in [0.2, 0.25) is 0 Å². The van der Waals surface area contributed by atoms with Crippen LogP contribution >= 0.6 is 34.8 Å². The van der Waals surface area contributed by atoms with Crippen LogP contribution in [0.4, 0.5) is 0 Å². The Morgan fingerprint density at radius 1 is 1.00 bits per heavy atom. The van der Waals surface area contributed by atoms with Crippen LogP contribution in [-0.2, 0) is 26.1 Å². The van der Waals surface area contributed by atoms with Gasteiger partial charge < -0.3 is 9.68 Å². The zero-order valence-corrected chi connectivity index (χ0v) is 17.1. The lowest BCUT2D eigenvalue weighted by atomic mass is 10.2. The van der Waals surface area contributed by atoms with Crippen molar-refractivity contribution in [2.45, 2.75) is 16.8 Å². The van der Waals surface area contributed by atoms with E-state index in [0.717, 1.165) is 12.4 Å². The number of hydrogen-bond donors (Lipinski definition) is 0. The summed E-state index contributed by atoms with van der Waals surface area (Å²) in [6.45, 7) is 0.0433. The highest BCUT2D eigenvalue weighted by atomic mass is 35.5. The summed E-state index contributed by atoms with van der Waals surface area (Å²) in [5, 5.41) is 7.40. The molecule has 0 spiro atoms. The molecular formula is C17H15Cl3N2O4S. The summed E-state index contributed by atoms with van der Waals surface area (Å²) in [6, 6.07) is 10.7. The summed E-state index contributed by atoms with van der Waals surface area (Å²) in [7, 11) is -2.51. The van der Waals surface area contributed by atoms with E-state index in [4.69, 9.17) is 39.6 Å². The summed E-state index contributed by atoms with van der Waals surface area (Å²) in [5.41, 5.74) is 0.654. The molecule has 0 aliphatic carbocycles. The molecule has 0 heterocycles. The van der Waals surface area contributed by atoms with Gasteiger partial charge in [-0.1, -0.05) is 51.2 Å². The summed E-state index contributed by atoms with van der Waals surface area (Å²) >= 11 is 17.7. The number of rotatable bonds is 8. The maximum absolute atomic E-state index is 12.7. The minimum Gasteiger partial charge on any atom is -0.399 e. The molecular weight excluding hydrogens is 435 g/mol. The van der Waals surface area contributed by atoms with Gasteiger partial charge in [0.15, 0.2) is 9.84 Å². The Hall–Kier alpha value is -1.80. The molecule has 10 heteroatoms. The lowest BCUT2D eigenvalue weighted by Crippen LogP contribution is -2.25. The SMILES string of the molecule is CO/N=C/[C@H](/C=N\OCc1ccc(Cl)cc1Cl)S(=O)(=O)c1ccc(Cl)cc1. The highest BCUT2D eigenvalue weighted by molar-refractivity contribution is 7.93. The molecule has 27 heavy (non-hydrogen) atoms. The molecule has 2 aromatic carbocycles. The van der Waals surface area contributed by atoms with Crippen LogP contribution < -0.4 is 0 Å². The monoisotopic (exact) mass is 448 g/mol. The van der Waals surface area contributed by atoms with Crippen molar-refractivity contribution in [3.63, 3.8) is 0 Å². The van der Waals surface area contributed by atoms with E-state index in [1.807, 2.05) is 0 Å². The second kappa shape index (κ2) is 9.94. The van der Waals surface area contributed by atoms with Crippen molar-refractivity contribution in [3.05, 3.63) is 63.1 Å². The van der Waals surface area contributed by atoms with E-state index in [1.165, 1.54) is 31.4 Å². The van der Waals surface area contributed by atoms with Gasteiger partial charge >= 0.3 is 0 Å². The van der Waals surface area contributed by atoms with E-state index >= 15 is 0 Å². The van der Waals surface area contributed by atoms with Gasteiger partial charge in [0, 0.05) is 20.6 Å². The third kappa shape index (κ3) is 6.10. The Morgan fingerprint density at radius 3 is 2.26 bits per heavy atom. The van der Waals surface area contributed by atoms with Crippen molar-refractivity contribution in [1.29, 1.82) is 0 Å². The Labute approximate surface area is 172 Å². The lowest BCUT2D eigenvalue weighted by molar-refractivity contribution is 0.132. The van der Waals surface area contributed by atoms with Crippen molar-refractivity contribution < 1.29 is 18.1 Å². The van der Waals surface area contributed by atoms with Crippen LogP contribution in [0.15, 0.2) is 57.7 Å². The smallest absolute Gasteiger partial charge is 0.191 e. The molecule has 0 aromatic heterocycles. The largest absolute Gasteiger partial charge is 0.399 e. The third-order valence-corrected chi connectivity index (χ3v) is 6.06. The Kier molecular flexibility index (Phi) is 7.91. The number of sulfone groups is 1. The summed E-state index contributed by atoms with van der Waals surface area (Å²) in [5.74, 6) is 0. The molecule has 144 valence electrons. The van der Waals surface area contributed by atoms with Crippen LogP contribution in [0.3, 0.4) is 0 Å². The summed E-state index contributed by atoms with van der Waals surface area (Å²) in [4.78, 5) is 9.79. The van der Waals surface area contributed by atoms with Crippen molar-refractivity contribution in [1.82, 2.24) is 0 Å². The lowest BCUT2D eigenvalue weighted by Gasteiger charge is -2.09. The van der Waals surface area contributed by atoms with Gasteiger partial charge in [-0.05, 0) is 36.4 Å². The van der Waals surface area contributed by atoms with E-state index < -0.39 is 15.1 Å². The Bertz CT molecular complexity index is 932. The minimum atomic E-state index is -3.81. The first kappa shape index (κ1) is 21.5. The fourth-order valence-corrected chi connectivity index (χ4v) is 3.79. The normalized spacial score (nSPS) is 13.2. The van der Waals surface area contributed by atoms with Crippen molar-refractivity contribution in [2.75, 3.05) is 7.11 Å². The maximum Gasteiger partial charge on any atom is 0.191 e. The summed E-state index contributed by atoms with van der Waals surface area (Å²) in [6.07, 6.45) is 2.21. The molecule has 1 atom stereocenters. The van der Waals surface area contributed by atoms with Crippen LogP contribution in [0.25, 0.3) is 0 Å². The molecule has 0 aliphatic rings. The van der Waals surface area contributed by atoms with Crippen LogP contribution in [0.5, 0.6) is 0 Å². The average molecular weight is 450 g/mol. The van der Waals surface area contributed by atoms with Gasteiger partial charge in [0.1, 0.15) is 19.0 Å². The highest BCUT2D eigenvalue weighted by Crippen LogP contribution is 2.22. The standard InChI is InChI=1S/C17H15Cl3N2O4S/c1-25-21-9-16(27(23,24)15-6-4-13(18)5-7-15)10-22-26-11-12-2-3-14(19)8-17(12)20/h2-10,16H,11H2,1H3/b21-9+,22-10-/t16-/m1/s1. The number of hydrogen-bond acceptors (Lipinski definition) is 6. The van der Waals surface area contributed by atoms with Gasteiger partial charge in [-0.2, -0.15) is 0 Å². The molecule has 0 unspecified atom stereocenters. The second-order valence-corrected chi connectivity index (χ2v) is 8.55. The number of halogens is 3. The number of benzene rings is 2. The average Bonchev–Trinajstić information content (AvgIpc) is 2.62. The zero-order valence-electron chi connectivity index (χ0n) is 14.1. The minimum absolute atomic E-state index is 0.0433. The second-order valence-electron chi connectivity index (χ2n) is 5.16. The molecule has 0 saturated heterocycles. The zero-order chi connectivity index (χ0) is 19.9. The fourth-order valence-electron chi connectivity index (χ4n) is 1.95. The molecule has 0 saturated carbocycles. The van der Waals surface area contributed by atoms with Crippen LogP contribution in [-0.4, -0.2) is 33.2 Å². The topological polar surface area (TPSA) is 77.3 Å². The molecule has 0 bridgehead atoms. The van der Waals surface area contributed by atoms with Gasteiger partial charge in [-0.25, -0.2) is 8.42 Å². The van der Waals surface area contributed by atoms with Gasteiger partial charge in [0.05, 0.1) is 17.3 Å². The predicted octanol–water partition coefficient (Wildman–Crippen LogP) is 4.62. The van der Waals surface area contributed by atoms with Crippen LogP contribution in [0.2, 0.25) is 15.1 Å². The molecule has 0 fully saturated rings. The molecule has 0 radical (unpaired) electrons. The van der Waals surface area contributed by atoms with Gasteiger partial charge in [-0.3, -0.25) is 0 Å². The first-order valence-corrected chi connectivity index (χ1v) is 10.2. The third-order valence-electron chi connectivity index (χ3n) is 3.33. The van der Waals surface area contributed by atoms with E-state index in [0.29, 0.717) is 20.6 Å². The van der Waals surface area contributed by atoms with Crippen LogP contribution in [0, 0.1) is 0 Å². The number of nitrogens with zero attached hydrogens (tertiary/aromatic N) is 2. The first-order valence-electron chi connectivity index (χ1n) is 7.50. The molecule has 2 rings (SSSR count). The molecule has 0 N–H and O–H groups in total. The summed E-state index contributed by atoms with van der Waals surface area (Å²) < 4.78 is 25.5. The van der Waals surface area contributed by atoms with E-state index in [2.05, 4.69) is 15.1 Å². The van der Waals surface area contributed by atoms with Crippen molar-refractivity contribution in [3.8, 4) is 0 Å². The molecule has 0 aliphatic heterocycles. The van der Waals surface area contributed by atoms with E-state index in [-0.39, 0.29) is 11.5 Å². The van der Waals surface area contributed by atoms with E-state index in [1.54, 1.807) is 18.2 Å². The van der Waals surface area contributed by atoms with Crippen molar-refractivity contribution in [2.24, 2.45) is 10.3 Å². The maximum atomic E-state index is 12.7. The quantitative estimate of drug-likeness (QED) is 0.435. The molecule has 0 amide bonds. The van der Waals surface area contributed by atoms with Gasteiger partial charge in [0.25, 0.3) is 0 Å². The fraction of sp³-hybridized carbons (Fsp3) is 0.176. The Balaban J connectivity index is 2.14. The van der Waals surface area contributed by atoms with Gasteiger partial charge in [-0.15, -0.1) is 0 Å². The molecule has 2 aromatic rings. The Morgan fingerprint density at radius 2 is 1.63 bits per heavy atom. The first-order chi connectivity index (χ1) is 12.8. The molecule has 6 nitrogen and oxygen atoms in total.